The van der Waals surface area contributed by atoms with Crippen LogP contribution < -0.4 is 10.6 Å². The summed E-state index contributed by atoms with van der Waals surface area (Å²) in [6, 6.07) is 3.24. The molecule has 0 saturated carbocycles. The van der Waals surface area contributed by atoms with Crippen LogP contribution in [0, 0.1) is 0 Å². The Bertz CT molecular complexity index is 872. The van der Waals surface area contributed by atoms with Gasteiger partial charge < -0.3 is 15.1 Å². The van der Waals surface area contributed by atoms with Gasteiger partial charge in [-0.3, -0.25) is 4.79 Å². The normalized spacial score (nSPS) is 14.5. The molecule has 1 atom stereocenters. The number of anilines is 1. The van der Waals surface area contributed by atoms with Gasteiger partial charge in [0, 0.05) is 4.88 Å². The lowest BCUT2D eigenvalue weighted by Crippen LogP contribution is -2.37. The van der Waals surface area contributed by atoms with Crippen LogP contribution in [0.3, 0.4) is 0 Å². The van der Waals surface area contributed by atoms with Crippen molar-refractivity contribution in [3.63, 3.8) is 0 Å². The smallest absolute Gasteiger partial charge is 0.242 e. The molecule has 6 nitrogen and oxygen atoms in total. The Hall–Kier alpha value is -2.41. The number of nitrogens with zero attached hydrogens (tertiary/aromatic N) is 2. The van der Waals surface area contributed by atoms with E-state index in [0.29, 0.717) is 6.54 Å². The third kappa shape index (κ3) is 2.75. The van der Waals surface area contributed by atoms with Gasteiger partial charge >= 0.3 is 0 Å². The fraction of sp³-hybridized carbons (Fsp3) is 0.353. The minimum atomic E-state index is -0.394. The van der Waals surface area contributed by atoms with Gasteiger partial charge in [0.1, 0.15) is 28.8 Å². The molecule has 0 aromatic carbocycles. The van der Waals surface area contributed by atoms with Crippen LogP contribution in [0.4, 0.5) is 5.82 Å². The van der Waals surface area contributed by atoms with Crippen molar-refractivity contribution < 1.29 is 9.21 Å². The van der Waals surface area contributed by atoms with Crippen molar-refractivity contribution in [1.29, 1.82) is 0 Å². The average Bonchev–Trinajstić information content (AvgIpc) is 3.29. The highest BCUT2D eigenvalue weighted by Gasteiger charge is 2.22. The molecule has 3 heterocycles. The molecule has 1 aliphatic rings. The van der Waals surface area contributed by atoms with E-state index in [9.17, 15) is 4.79 Å². The quantitative estimate of drug-likeness (QED) is 0.745. The first-order valence-corrected chi connectivity index (χ1v) is 8.86. The lowest BCUT2D eigenvalue weighted by Gasteiger charge is -2.15. The Kier molecular flexibility index (Phi) is 3.93. The summed E-state index contributed by atoms with van der Waals surface area (Å²) in [5.74, 6) is 1.39. The topological polar surface area (TPSA) is 80.0 Å². The average molecular weight is 342 g/mol. The summed E-state index contributed by atoms with van der Waals surface area (Å²) in [5, 5.41) is 7.19. The van der Waals surface area contributed by atoms with Crippen molar-refractivity contribution in [1.82, 2.24) is 15.3 Å². The van der Waals surface area contributed by atoms with Crippen LogP contribution in [0.1, 0.15) is 29.5 Å². The molecule has 0 fully saturated rings. The van der Waals surface area contributed by atoms with E-state index in [-0.39, 0.29) is 5.91 Å². The lowest BCUT2D eigenvalue weighted by atomic mass is 10.2. The molecule has 3 aromatic heterocycles. The third-order valence-electron chi connectivity index (χ3n) is 4.26. The first kappa shape index (κ1) is 15.1. The zero-order valence-electron chi connectivity index (χ0n) is 13.3. The maximum Gasteiger partial charge on any atom is 0.242 e. The number of amides is 1. The van der Waals surface area contributed by atoms with Crippen LogP contribution in [0.25, 0.3) is 10.2 Å². The Labute approximate surface area is 143 Å². The Morgan fingerprint density at radius 3 is 3.17 bits per heavy atom. The number of aryl methyl sites for hydroxylation is 2. The summed E-state index contributed by atoms with van der Waals surface area (Å²) >= 11 is 1.74. The van der Waals surface area contributed by atoms with Crippen LogP contribution >= 0.6 is 11.3 Å². The largest absolute Gasteiger partial charge is 0.467 e. The second kappa shape index (κ2) is 6.24. The van der Waals surface area contributed by atoms with E-state index < -0.39 is 6.04 Å². The second-order valence-corrected chi connectivity index (χ2v) is 7.01. The van der Waals surface area contributed by atoms with Crippen molar-refractivity contribution in [2.45, 2.75) is 38.8 Å². The molecule has 124 valence electrons. The van der Waals surface area contributed by atoms with Gasteiger partial charge in [-0.15, -0.1) is 11.3 Å². The van der Waals surface area contributed by atoms with E-state index in [1.54, 1.807) is 30.0 Å². The summed E-state index contributed by atoms with van der Waals surface area (Å²) in [5.41, 5.74) is 1.35. The van der Waals surface area contributed by atoms with Crippen molar-refractivity contribution in [2.75, 3.05) is 5.32 Å². The van der Waals surface area contributed by atoms with E-state index >= 15 is 0 Å². The Morgan fingerprint density at radius 1 is 1.42 bits per heavy atom. The zero-order valence-corrected chi connectivity index (χ0v) is 14.2. The molecular weight excluding hydrogens is 324 g/mol. The molecule has 0 aliphatic heterocycles. The molecule has 24 heavy (non-hydrogen) atoms. The summed E-state index contributed by atoms with van der Waals surface area (Å²) in [6.45, 7) is 2.21. The number of thiophene rings is 1. The van der Waals surface area contributed by atoms with Crippen LogP contribution in [-0.2, 0) is 24.2 Å². The van der Waals surface area contributed by atoms with Crippen molar-refractivity contribution in [3.8, 4) is 0 Å². The highest BCUT2D eigenvalue weighted by Crippen LogP contribution is 2.39. The van der Waals surface area contributed by atoms with Gasteiger partial charge in [-0.1, -0.05) is 0 Å². The number of carbonyl (C=O) groups is 1. The van der Waals surface area contributed by atoms with Crippen LogP contribution in [0.2, 0.25) is 0 Å². The van der Waals surface area contributed by atoms with Gasteiger partial charge in [0.2, 0.25) is 5.91 Å². The molecule has 4 rings (SSSR count). The Morgan fingerprint density at radius 2 is 2.33 bits per heavy atom. The monoisotopic (exact) mass is 342 g/mol. The number of nitrogens with one attached hydrogen (secondary N) is 2. The third-order valence-corrected chi connectivity index (χ3v) is 5.46. The molecule has 7 heteroatoms. The van der Waals surface area contributed by atoms with Gasteiger partial charge in [-0.05, 0) is 43.9 Å². The van der Waals surface area contributed by atoms with Gasteiger partial charge in [0.05, 0.1) is 18.2 Å². The Balaban J connectivity index is 1.50. The molecule has 1 unspecified atom stereocenters. The summed E-state index contributed by atoms with van der Waals surface area (Å²) in [6.07, 6.45) is 6.53. The first-order valence-electron chi connectivity index (χ1n) is 8.04. The molecule has 1 amide bonds. The molecule has 0 bridgehead atoms. The van der Waals surface area contributed by atoms with E-state index in [1.165, 1.54) is 16.9 Å². The number of aromatic nitrogens is 2. The fourth-order valence-electron chi connectivity index (χ4n) is 3.05. The standard InChI is InChI=1S/C17H18N4O2S/c1-10(16(22)18-8-11-4-3-7-23-11)21-15-14-12-5-2-6-13(12)24-17(14)20-9-19-15/h3-4,7,9-10H,2,5-6,8H2,1H3,(H,18,22)(H,19,20,21). The zero-order chi connectivity index (χ0) is 16.5. The maximum absolute atomic E-state index is 12.3. The van der Waals surface area contributed by atoms with Crippen molar-refractivity contribution in [2.24, 2.45) is 0 Å². The number of hydrogen-bond donors (Lipinski definition) is 2. The van der Waals surface area contributed by atoms with Crippen molar-refractivity contribution in [3.05, 3.63) is 40.9 Å². The van der Waals surface area contributed by atoms with E-state index in [0.717, 1.165) is 34.6 Å². The predicted octanol–water partition coefficient (Wildman–Crippen LogP) is 2.89. The second-order valence-electron chi connectivity index (χ2n) is 5.92. The summed E-state index contributed by atoms with van der Waals surface area (Å²) in [4.78, 5) is 23.5. The lowest BCUT2D eigenvalue weighted by molar-refractivity contribution is -0.121. The molecule has 2 N–H and O–H groups in total. The van der Waals surface area contributed by atoms with Gasteiger partial charge in [-0.2, -0.15) is 0 Å². The predicted molar refractivity (Wildman–Crippen MR) is 93.1 cm³/mol. The summed E-state index contributed by atoms with van der Waals surface area (Å²) in [7, 11) is 0. The molecular formula is C17H18N4O2S. The minimum Gasteiger partial charge on any atom is -0.467 e. The fourth-order valence-corrected chi connectivity index (χ4v) is 4.28. The molecule has 0 radical (unpaired) electrons. The molecule has 0 spiro atoms. The first-order chi connectivity index (χ1) is 11.7. The van der Waals surface area contributed by atoms with E-state index in [2.05, 4.69) is 20.6 Å². The molecule has 3 aromatic rings. The molecule has 1 aliphatic carbocycles. The number of rotatable bonds is 5. The number of carbonyl (C=O) groups excluding carboxylic acids is 1. The van der Waals surface area contributed by atoms with E-state index in [4.69, 9.17) is 4.42 Å². The van der Waals surface area contributed by atoms with Crippen molar-refractivity contribution >= 4 is 33.3 Å². The maximum atomic E-state index is 12.3. The highest BCUT2D eigenvalue weighted by molar-refractivity contribution is 7.19. The van der Waals surface area contributed by atoms with Crippen LogP contribution in [-0.4, -0.2) is 21.9 Å². The van der Waals surface area contributed by atoms with Gasteiger partial charge in [-0.25, -0.2) is 9.97 Å². The van der Waals surface area contributed by atoms with Gasteiger partial charge in [0.15, 0.2) is 0 Å². The number of hydrogen-bond acceptors (Lipinski definition) is 6. The SMILES string of the molecule is CC(Nc1ncnc2sc3c(c12)CCC3)C(=O)NCc1ccco1. The van der Waals surface area contributed by atoms with E-state index in [1.807, 2.05) is 13.0 Å². The number of fused-ring (bicyclic) bond motifs is 3. The minimum absolute atomic E-state index is 0.0926. The molecule has 0 saturated heterocycles. The summed E-state index contributed by atoms with van der Waals surface area (Å²) < 4.78 is 5.23. The highest BCUT2D eigenvalue weighted by atomic mass is 32.1. The van der Waals surface area contributed by atoms with Gasteiger partial charge in [0.25, 0.3) is 0 Å². The van der Waals surface area contributed by atoms with Crippen LogP contribution in [0.5, 0.6) is 0 Å². The van der Waals surface area contributed by atoms with Crippen LogP contribution in [0.15, 0.2) is 29.1 Å². The number of furan rings is 1.